The number of hydrogen-bond acceptors (Lipinski definition) is 3. The van der Waals surface area contributed by atoms with Crippen LogP contribution < -0.4 is 11.1 Å². The molecular weight excluding hydrogens is 216 g/mol. The standard InChI is InChI=1S/C13H26N2O2/c1-4-13(5-2,10-14)11(16)15-12(3)6-8-17-9-7-12/h4-10,14H2,1-3H3,(H,15,16). The lowest BCUT2D eigenvalue weighted by atomic mass is 9.80. The van der Waals surface area contributed by atoms with E-state index in [1.807, 2.05) is 13.8 Å². The van der Waals surface area contributed by atoms with Crippen LogP contribution in [0.4, 0.5) is 0 Å². The predicted molar refractivity (Wildman–Crippen MR) is 68.7 cm³/mol. The van der Waals surface area contributed by atoms with Gasteiger partial charge in [0.15, 0.2) is 0 Å². The third-order valence-electron chi connectivity index (χ3n) is 4.24. The normalized spacial score (nSPS) is 20.0. The molecule has 1 fully saturated rings. The molecule has 0 spiro atoms. The second-order valence-corrected chi connectivity index (χ2v) is 5.32. The predicted octanol–water partition coefficient (Wildman–Crippen LogP) is 1.44. The maximum Gasteiger partial charge on any atom is 0.227 e. The highest BCUT2D eigenvalue weighted by Crippen LogP contribution is 2.28. The number of nitrogens with two attached hydrogens (primary N) is 1. The summed E-state index contributed by atoms with van der Waals surface area (Å²) in [5.74, 6) is 0.106. The van der Waals surface area contributed by atoms with Crippen molar-refractivity contribution in [2.75, 3.05) is 19.8 Å². The quantitative estimate of drug-likeness (QED) is 0.766. The Balaban J connectivity index is 2.69. The Kier molecular flexibility index (Phi) is 4.95. The van der Waals surface area contributed by atoms with Crippen molar-refractivity contribution in [1.29, 1.82) is 0 Å². The lowest BCUT2D eigenvalue weighted by Crippen LogP contribution is -2.56. The van der Waals surface area contributed by atoms with Crippen molar-refractivity contribution in [3.05, 3.63) is 0 Å². The van der Waals surface area contributed by atoms with Crippen LogP contribution in [0, 0.1) is 5.41 Å². The monoisotopic (exact) mass is 242 g/mol. The zero-order chi connectivity index (χ0) is 12.9. The number of nitrogens with one attached hydrogen (secondary N) is 1. The molecule has 0 unspecified atom stereocenters. The van der Waals surface area contributed by atoms with E-state index in [4.69, 9.17) is 10.5 Å². The number of rotatable bonds is 5. The fraction of sp³-hybridized carbons (Fsp3) is 0.923. The summed E-state index contributed by atoms with van der Waals surface area (Å²) in [6.07, 6.45) is 3.34. The van der Waals surface area contributed by atoms with E-state index in [1.165, 1.54) is 0 Å². The molecule has 0 aliphatic carbocycles. The Morgan fingerprint density at radius 1 is 1.35 bits per heavy atom. The van der Waals surface area contributed by atoms with Crippen LogP contribution in [0.5, 0.6) is 0 Å². The van der Waals surface area contributed by atoms with Gasteiger partial charge in [-0.3, -0.25) is 4.79 Å². The minimum Gasteiger partial charge on any atom is -0.381 e. The van der Waals surface area contributed by atoms with Crippen molar-refractivity contribution in [3.63, 3.8) is 0 Å². The summed E-state index contributed by atoms with van der Waals surface area (Å²) < 4.78 is 5.34. The topological polar surface area (TPSA) is 64.4 Å². The van der Waals surface area contributed by atoms with Crippen LogP contribution in [0.25, 0.3) is 0 Å². The third-order valence-corrected chi connectivity index (χ3v) is 4.24. The number of hydrogen-bond donors (Lipinski definition) is 2. The van der Waals surface area contributed by atoms with Gasteiger partial charge in [-0.05, 0) is 32.6 Å². The van der Waals surface area contributed by atoms with Gasteiger partial charge in [-0.15, -0.1) is 0 Å². The maximum atomic E-state index is 12.4. The first-order valence-corrected chi connectivity index (χ1v) is 6.62. The van der Waals surface area contributed by atoms with Gasteiger partial charge in [-0.25, -0.2) is 0 Å². The molecule has 0 bridgehead atoms. The van der Waals surface area contributed by atoms with Gasteiger partial charge >= 0.3 is 0 Å². The van der Waals surface area contributed by atoms with Gasteiger partial charge in [0.05, 0.1) is 5.41 Å². The molecule has 0 saturated carbocycles. The lowest BCUT2D eigenvalue weighted by molar-refractivity contribution is -0.134. The van der Waals surface area contributed by atoms with Crippen molar-refractivity contribution in [2.24, 2.45) is 11.1 Å². The van der Waals surface area contributed by atoms with Gasteiger partial charge in [-0.1, -0.05) is 13.8 Å². The fourth-order valence-corrected chi connectivity index (χ4v) is 2.31. The summed E-state index contributed by atoms with van der Waals surface area (Å²) in [5, 5.41) is 3.19. The Morgan fingerprint density at radius 3 is 2.29 bits per heavy atom. The number of ether oxygens (including phenoxy) is 1. The number of carbonyl (C=O) groups is 1. The second-order valence-electron chi connectivity index (χ2n) is 5.32. The van der Waals surface area contributed by atoms with Crippen molar-refractivity contribution in [1.82, 2.24) is 5.32 Å². The number of carbonyl (C=O) groups excluding carboxylic acids is 1. The van der Waals surface area contributed by atoms with Crippen LogP contribution in [0.15, 0.2) is 0 Å². The van der Waals surface area contributed by atoms with Crippen molar-refractivity contribution in [3.8, 4) is 0 Å². The number of amides is 1. The van der Waals surface area contributed by atoms with Crippen molar-refractivity contribution < 1.29 is 9.53 Å². The van der Waals surface area contributed by atoms with Gasteiger partial charge < -0.3 is 15.8 Å². The maximum absolute atomic E-state index is 12.4. The highest BCUT2D eigenvalue weighted by atomic mass is 16.5. The molecule has 4 nitrogen and oxygen atoms in total. The molecule has 0 aromatic heterocycles. The average Bonchev–Trinajstić information content (AvgIpc) is 2.32. The van der Waals surface area contributed by atoms with E-state index >= 15 is 0 Å². The van der Waals surface area contributed by atoms with Gasteiger partial charge in [-0.2, -0.15) is 0 Å². The largest absolute Gasteiger partial charge is 0.381 e. The van der Waals surface area contributed by atoms with E-state index in [9.17, 15) is 4.79 Å². The summed E-state index contributed by atoms with van der Waals surface area (Å²) in [5.41, 5.74) is 5.27. The summed E-state index contributed by atoms with van der Waals surface area (Å²) in [6.45, 7) is 8.03. The molecule has 100 valence electrons. The van der Waals surface area contributed by atoms with Gasteiger partial charge in [0.2, 0.25) is 5.91 Å². The molecular formula is C13H26N2O2. The molecule has 0 aromatic rings. The summed E-state index contributed by atoms with van der Waals surface area (Å²) in [4.78, 5) is 12.4. The van der Waals surface area contributed by atoms with E-state index in [-0.39, 0.29) is 11.4 Å². The average molecular weight is 242 g/mol. The van der Waals surface area contributed by atoms with E-state index in [0.29, 0.717) is 6.54 Å². The van der Waals surface area contributed by atoms with E-state index in [1.54, 1.807) is 0 Å². The summed E-state index contributed by atoms with van der Waals surface area (Å²) >= 11 is 0. The zero-order valence-electron chi connectivity index (χ0n) is 11.3. The van der Waals surface area contributed by atoms with Crippen LogP contribution in [0.3, 0.4) is 0 Å². The first kappa shape index (κ1) is 14.5. The second kappa shape index (κ2) is 5.83. The molecule has 1 heterocycles. The van der Waals surface area contributed by atoms with Crippen LogP contribution in [0.1, 0.15) is 46.5 Å². The Labute approximate surface area is 104 Å². The molecule has 0 radical (unpaired) electrons. The minimum atomic E-state index is -0.401. The van der Waals surface area contributed by atoms with Crippen LogP contribution in [-0.4, -0.2) is 31.2 Å². The lowest BCUT2D eigenvalue weighted by Gasteiger charge is -2.38. The van der Waals surface area contributed by atoms with E-state index in [2.05, 4.69) is 12.2 Å². The summed E-state index contributed by atoms with van der Waals surface area (Å²) in [6, 6.07) is 0. The first-order chi connectivity index (χ1) is 8.02. The Bertz CT molecular complexity index is 248. The van der Waals surface area contributed by atoms with E-state index in [0.717, 1.165) is 38.9 Å². The highest BCUT2D eigenvalue weighted by Gasteiger charge is 2.38. The molecule has 1 saturated heterocycles. The SMILES string of the molecule is CCC(CC)(CN)C(=O)NC1(C)CCOCC1. The first-order valence-electron chi connectivity index (χ1n) is 6.62. The smallest absolute Gasteiger partial charge is 0.227 e. The van der Waals surface area contributed by atoms with Crippen molar-refractivity contribution in [2.45, 2.75) is 52.0 Å². The van der Waals surface area contributed by atoms with E-state index < -0.39 is 5.41 Å². The fourth-order valence-electron chi connectivity index (χ4n) is 2.31. The Hall–Kier alpha value is -0.610. The molecule has 3 N–H and O–H groups in total. The summed E-state index contributed by atoms with van der Waals surface area (Å²) in [7, 11) is 0. The molecule has 4 heteroatoms. The minimum absolute atomic E-state index is 0.106. The third kappa shape index (κ3) is 3.19. The van der Waals surface area contributed by atoms with Crippen LogP contribution >= 0.6 is 0 Å². The highest BCUT2D eigenvalue weighted by molar-refractivity contribution is 5.83. The molecule has 0 aromatic carbocycles. The van der Waals surface area contributed by atoms with Gasteiger partial charge in [0, 0.05) is 25.3 Å². The van der Waals surface area contributed by atoms with Gasteiger partial charge in [0.25, 0.3) is 0 Å². The zero-order valence-corrected chi connectivity index (χ0v) is 11.3. The molecule has 1 aliphatic rings. The van der Waals surface area contributed by atoms with Crippen LogP contribution in [0.2, 0.25) is 0 Å². The van der Waals surface area contributed by atoms with Gasteiger partial charge in [0.1, 0.15) is 0 Å². The van der Waals surface area contributed by atoms with Crippen LogP contribution in [-0.2, 0) is 9.53 Å². The molecule has 1 amide bonds. The van der Waals surface area contributed by atoms with Crippen molar-refractivity contribution >= 4 is 5.91 Å². The molecule has 0 atom stereocenters. The molecule has 17 heavy (non-hydrogen) atoms. The Morgan fingerprint density at radius 2 is 1.88 bits per heavy atom. The molecule has 1 rings (SSSR count). The molecule has 1 aliphatic heterocycles.